The number of nitrogens with zero attached hydrogens (tertiary/aromatic N) is 6. The van der Waals surface area contributed by atoms with Crippen molar-refractivity contribution in [2.45, 2.75) is 52.1 Å². The van der Waals surface area contributed by atoms with Crippen molar-refractivity contribution < 1.29 is 9.90 Å². The summed E-state index contributed by atoms with van der Waals surface area (Å²) in [6.45, 7) is 8.12. The average Bonchev–Trinajstić information content (AvgIpc) is 3.50. The van der Waals surface area contributed by atoms with Gasteiger partial charge in [-0.2, -0.15) is 5.10 Å². The number of hydrogen-bond acceptors (Lipinski definition) is 5. The zero-order valence-electron chi connectivity index (χ0n) is 21.3. The number of carboxylic acid groups (broad SMARTS) is 1. The molecule has 2 atom stereocenters. The van der Waals surface area contributed by atoms with Gasteiger partial charge in [0.25, 0.3) is 0 Å². The Morgan fingerprint density at radius 3 is 2.86 bits per heavy atom. The Morgan fingerprint density at radius 1 is 1.22 bits per heavy atom. The van der Waals surface area contributed by atoms with Crippen molar-refractivity contribution in [1.29, 1.82) is 0 Å². The molecule has 1 N–H and O–H groups in total. The molecule has 0 bridgehead atoms. The maximum Gasteiger partial charge on any atom is 0.304 e. The third kappa shape index (κ3) is 5.04. The van der Waals surface area contributed by atoms with Gasteiger partial charge in [-0.25, -0.2) is 4.68 Å². The zero-order valence-corrected chi connectivity index (χ0v) is 21.3. The molecule has 4 aromatic rings. The van der Waals surface area contributed by atoms with Crippen LogP contribution in [0.3, 0.4) is 0 Å². The lowest BCUT2D eigenvalue weighted by Gasteiger charge is -2.33. The standard InChI is InChI=1S/C28H34N6O2/c1-19-7-8-22(14-23(19)18-33-12-4-6-21(16-33)17-34-13-5-11-29-34)25(15-27(35)36)24-9-10-26-28(20(24)2)30-31-32(26)3/h5,7-11,13-14,21,25H,4,6,12,15-18H2,1-3H3,(H,35,36)/t21?,25-/m0/s1. The molecule has 1 fully saturated rings. The van der Waals surface area contributed by atoms with Crippen LogP contribution < -0.4 is 0 Å². The van der Waals surface area contributed by atoms with Gasteiger partial charge in [0.05, 0.1) is 11.9 Å². The first-order chi connectivity index (χ1) is 17.4. The molecular weight excluding hydrogens is 452 g/mol. The van der Waals surface area contributed by atoms with Crippen molar-refractivity contribution in [3.05, 3.63) is 76.6 Å². The number of fused-ring (bicyclic) bond motifs is 1. The molecule has 0 spiro atoms. The number of benzene rings is 2. The molecule has 36 heavy (non-hydrogen) atoms. The molecule has 1 unspecified atom stereocenters. The number of likely N-dealkylation sites (tertiary alicyclic amines) is 1. The summed E-state index contributed by atoms with van der Waals surface area (Å²) in [4.78, 5) is 14.5. The molecule has 8 heteroatoms. The number of carboxylic acids is 1. The van der Waals surface area contributed by atoms with Crippen LogP contribution in [0.2, 0.25) is 0 Å². The van der Waals surface area contributed by atoms with Crippen molar-refractivity contribution >= 4 is 17.0 Å². The van der Waals surface area contributed by atoms with E-state index in [1.54, 1.807) is 4.68 Å². The summed E-state index contributed by atoms with van der Waals surface area (Å²) in [6, 6.07) is 12.5. The summed E-state index contributed by atoms with van der Waals surface area (Å²) in [5.41, 5.74) is 7.31. The van der Waals surface area contributed by atoms with Gasteiger partial charge in [-0.15, -0.1) is 5.10 Å². The fourth-order valence-corrected chi connectivity index (χ4v) is 5.64. The number of aromatic nitrogens is 5. The minimum atomic E-state index is -0.807. The summed E-state index contributed by atoms with van der Waals surface area (Å²) in [6.07, 6.45) is 6.32. The summed E-state index contributed by atoms with van der Waals surface area (Å²) < 4.78 is 3.79. The van der Waals surface area contributed by atoms with Gasteiger partial charge in [0, 0.05) is 45.0 Å². The minimum absolute atomic E-state index is 0.0325. The summed E-state index contributed by atoms with van der Waals surface area (Å²) in [5, 5.41) is 22.7. The van der Waals surface area contributed by atoms with Gasteiger partial charge in [0.15, 0.2) is 0 Å². The zero-order chi connectivity index (χ0) is 25.2. The Morgan fingerprint density at radius 2 is 2.08 bits per heavy atom. The van der Waals surface area contributed by atoms with E-state index in [1.807, 2.05) is 49.2 Å². The van der Waals surface area contributed by atoms with Crippen LogP contribution in [-0.2, 0) is 24.9 Å². The predicted molar refractivity (Wildman–Crippen MR) is 139 cm³/mol. The molecule has 0 amide bonds. The largest absolute Gasteiger partial charge is 0.481 e. The van der Waals surface area contributed by atoms with Gasteiger partial charge in [0.1, 0.15) is 5.52 Å². The van der Waals surface area contributed by atoms with Gasteiger partial charge < -0.3 is 5.11 Å². The smallest absolute Gasteiger partial charge is 0.304 e. The molecule has 2 aromatic carbocycles. The van der Waals surface area contributed by atoms with Crippen molar-refractivity contribution in [1.82, 2.24) is 29.7 Å². The molecule has 188 valence electrons. The van der Waals surface area contributed by atoms with E-state index < -0.39 is 5.97 Å². The molecule has 0 saturated carbocycles. The summed E-state index contributed by atoms with van der Waals surface area (Å²) in [7, 11) is 1.87. The molecule has 5 rings (SSSR count). The van der Waals surface area contributed by atoms with Crippen LogP contribution in [0, 0.1) is 19.8 Å². The third-order valence-electron chi connectivity index (χ3n) is 7.61. The highest BCUT2D eigenvalue weighted by atomic mass is 16.4. The topological polar surface area (TPSA) is 89.1 Å². The van der Waals surface area contributed by atoms with E-state index >= 15 is 0 Å². The van der Waals surface area contributed by atoms with Crippen molar-refractivity contribution in [3.63, 3.8) is 0 Å². The Bertz CT molecular complexity index is 1360. The quantitative estimate of drug-likeness (QED) is 0.399. The monoisotopic (exact) mass is 486 g/mol. The molecule has 0 aliphatic carbocycles. The lowest BCUT2D eigenvalue weighted by Crippen LogP contribution is -2.36. The molecule has 1 aliphatic rings. The van der Waals surface area contributed by atoms with E-state index in [0.29, 0.717) is 5.92 Å². The van der Waals surface area contributed by atoms with Crippen LogP contribution in [0.1, 0.15) is 53.0 Å². The second-order valence-electron chi connectivity index (χ2n) is 10.2. The normalized spacial score (nSPS) is 17.5. The van der Waals surface area contributed by atoms with Crippen molar-refractivity contribution in [2.24, 2.45) is 13.0 Å². The molecular formula is C28H34N6O2. The maximum atomic E-state index is 11.9. The van der Waals surface area contributed by atoms with Gasteiger partial charge in [-0.3, -0.25) is 14.4 Å². The molecule has 1 saturated heterocycles. The Kier molecular flexibility index (Phi) is 6.87. The van der Waals surface area contributed by atoms with Gasteiger partial charge >= 0.3 is 5.97 Å². The number of carbonyl (C=O) groups is 1. The van der Waals surface area contributed by atoms with E-state index in [4.69, 9.17) is 0 Å². The number of hydrogen-bond donors (Lipinski definition) is 1. The van der Waals surface area contributed by atoms with Crippen molar-refractivity contribution in [2.75, 3.05) is 13.1 Å². The highest BCUT2D eigenvalue weighted by Crippen LogP contribution is 2.34. The van der Waals surface area contributed by atoms with E-state index in [-0.39, 0.29) is 12.3 Å². The molecule has 3 heterocycles. The van der Waals surface area contributed by atoms with Gasteiger partial charge in [-0.1, -0.05) is 29.5 Å². The van der Waals surface area contributed by atoms with Crippen LogP contribution in [0.25, 0.3) is 11.0 Å². The van der Waals surface area contributed by atoms with Gasteiger partial charge in [0.2, 0.25) is 0 Å². The van der Waals surface area contributed by atoms with Crippen LogP contribution in [0.4, 0.5) is 0 Å². The molecule has 8 nitrogen and oxygen atoms in total. The van der Waals surface area contributed by atoms with Crippen LogP contribution >= 0.6 is 0 Å². The highest BCUT2D eigenvalue weighted by molar-refractivity contribution is 5.80. The maximum absolute atomic E-state index is 11.9. The summed E-state index contributed by atoms with van der Waals surface area (Å²) >= 11 is 0. The van der Waals surface area contributed by atoms with Crippen LogP contribution in [0.5, 0.6) is 0 Å². The minimum Gasteiger partial charge on any atom is -0.481 e. The van der Waals surface area contributed by atoms with E-state index in [9.17, 15) is 9.90 Å². The first-order valence-corrected chi connectivity index (χ1v) is 12.7. The van der Waals surface area contributed by atoms with E-state index in [0.717, 1.165) is 53.9 Å². The highest BCUT2D eigenvalue weighted by Gasteiger charge is 2.24. The lowest BCUT2D eigenvalue weighted by atomic mass is 9.84. The van der Waals surface area contributed by atoms with E-state index in [1.165, 1.54) is 24.0 Å². The molecule has 2 aromatic heterocycles. The second-order valence-corrected chi connectivity index (χ2v) is 10.2. The number of piperidine rings is 1. The van der Waals surface area contributed by atoms with Crippen LogP contribution in [-0.4, -0.2) is 53.8 Å². The number of aryl methyl sites for hydroxylation is 3. The predicted octanol–water partition coefficient (Wildman–Crippen LogP) is 4.30. The van der Waals surface area contributed by atoms with Crippen molar-refractivity contribution in [3.8, 4) is 0 Å². The third-order valence-corrected chi connectivity index (χ3v) is 7.61. The van der Waals surface area contributed by atoms with Crippen LogP contribution in [0.15, 0.2) is 48.8 Å². The average molecular weight is 487 g/mol. The van der Waals surface area contributed by atoms with E-state index in [2.05, 4.69) is 45.4 Å². The lowest BCUT2D eigenvalue weighted by molar-refractivity contribution is -0.137. The number of aliphatic carboxylic acids is 1. The Labute approximate surface area is 211 Å². The Hall–Kier alpha value is -3.52. The van der Waals surface area contributed by atoms with Gasteiger partial charge in [-0.05, 0) is 79.1 Å². The summed E-state index contributed by atoms with van der Waals surface area (Å²) in [5.74, 6) is -0.469. The SMILES string of the molecule is Cc1ccc([C@H](CC(=O)O)c2ccc3c(nnn3C)c2C)cc1CN1CCCC(Cn2cccn2)C1. The molecule has 1 aliphatic heterocycles. The fraction of sp³-hybridized carbons (Fsp3) is 0.429. The first kappa shape index (κ1) is 24.2. The fourth-order valence-electron chi connectivity index (χ4n) is 5.64. The second kappa shape index (κ2) is 10.2. The number of rotatable bonds is 8. The molecule has 0 radical (unpaired) electrons. The first-order valence-electron chi connectivity index (χ1n) is 12.7. The Balaban J connectivity index is 1.41.